The summed E-state index contributed by atoms with van der Waals surface area (Å²) in [6, 6.07) is 18.4. The molecule has 0 bridgehead atoms. The van der Waals surface area contributed by atoms with Gasteiger partial charge in [-0.15, -0.1) is 10.2 Å². The Labute approximate surface area is 186 Å². The molecule has 2 aromatic carbocycles. The largest absolute Gasteiger partial charge is 0.377 e. The number of hydrogen-bond acceptors (Lipinski definition) is 6. The van der Waals surface area contributed by atoms with Gasteiger partial charge < -0.3 is 21.5 Å². The van der Waals surface area contributed by atoms with Gasteiger partial charge in [-0.2, -0.15) is 0 Å². The number of aliphatic hydroxyl groups excluding tert-OH is 1. The van der Waals surface area contributed by atoms with Crippen LogP contribution in [-0.2, 0) is 11.8 Å². The van der Waals surface area contributed by atoms with Crippen LogP contribution in [-0.4, -0.2) is 40.0 Å². The Balaban J connectivity index is 1.59. The van der Waals surface area contributed by atoms with Crippen LogP contribution in [0.15, 0.2) is 66.7 Å². The van der Waals surface area contributed by atoms with E-state index in [1.807, 2.05) is 44.2 Å². The molecule has 0 saturated carbocycles. The zero-order chi connectivity index (χ0) is 23.1. The van der Waals surface area contributed by atoms with Crippen LogP contribution in [0.5, 0.6) is 0 Å². The van der Waals surface area contributed by atoms with Crippen LogP contribution in [0.4, 0.5) is 10.2 Å². The molecule has 1 aromatic heterocycles. The van der Waals surface area contributed by atoms with Gasteiger partial charge in [0.1, 0.15) is 17.9 Å². The fraction of sp³-hybridized carbons (Fsp3) is 0.292. The second-order valence-electron chi connectivity index (χ2n) is 8.31. The van der Waals surface area contributed by atoms with Gasteiger partial charge >= 0.3 is 0 Å². The highest BCUT2D eigenvalue weighted by Crippen LogP contribution is 2.23. The molecule has 0 aliphatic heterocycles. The monoisotopic (exact) mass is 437 g/mol. The Morgan fingerprint density at radius 1 is 1.06 bits per heavy atom. The average molecular weight is 438 g/mol. The lowest BCUT2D eigenvalue weighted by molar-refractivity contribution is 0.0837. The van der Waals surface area contributed by atoms with Crippen molar-refractivity contribution < 1.29 is 14.3 Å². The minimum Gasteiger partial charge on any atom is -0.377 e. The molecule has 0 spiro atoms. The number of halogens is 1. The number of nitrogens with two attached hydrogens (primary N) is 1. The van der Waals surface area contributed by atoms with Crippen LogP contribution in [0.2, 0.25) is 0 Å². The summed E-state index contributed by atoms with van der Waals surface area (Å²) in [6.45, 7) is 4.61. The van der Waals surface area contributed by atoms with Crippen molar-refractivity contribution in [2.45, 2.75) is 38.0 Å². The topological polar surface area (TPSA) is 113 Å². The van der Waals surface area contributed by atoms with E-state index in [1.165, 1.54) is 12.1 Å². The highest BCUT2D eigenvalue weighted by molar-refractivity contribution is 5.92. The summed E-state index contributed by atoms with van der Waals surface area (Å²) in [6.07, 6.45) is -0.836. The summed E-state index contributed by atoms with van der Waals surface area (Å²) in [5.41, 5.74) is 7.42. The number of carbonyl (C=O) groups is 1. The predicted octanol–water partition coefficient (Wildman–Crippen LogP) is 2.62. The molecule has 1 amide bonds. The summed E-state index contributed by atoms with van der Waals surface area (Å²) in [5.74, 6) is -0.233. The van der Waals surface area contributed by atoms with Gasteiger partial charge in [0.15, 0.2) is 5.69 Å². The number of rotatable bonds is 9. The molecule has 0 radical (unpaired) electrons. The molecule has 168 valence electrons. The van der Waals surface area contributed by atoms with Crippen molar-refractivity contribution in [1.29, 1.82) is 0 Å². The van der Waals surface area contributed by atoms with Crippen molar-refractivity contribution in [2.24, 2.45) is 5.73 Å². The van der Waals surface area contributed by atoms with Crippen molar-refractivity contribution in [3.63, 3.8) is 0 Å². The Morgan fingerprint density at radius 2 is 1.75 bits per heavy atom. The number of hydrogen-bond donors (Lipinski definition) is 4. The molecule has 7 nitrogen and oxygen atoms in total. The van der Waals surface area contributed by atoms with Gasteiger partial charge in [-0.25, -0.2) is 4.39 Å². The number of aromatic nitrogens is 2. The highest BCUT2D eigenvalue weighted by atomic mass is 19.1. The quantitative estimate of drug-likeness (QED) is 0.383. The second kappa shape index (κ2) is 10.3. The predicted molar refractivity (Wildman–Crippen MR) is 122 cm³/mol. The molecule has 8 heteroatoms. The Bertz CT molecular complexity index is 1010. The number of carbonyl (C=O) groups excluding carboxylic acids is 1. The van der Waals surface area contributed by atoms with Crippen molar-refractivity contribution in [3.8, 4) is 0 Å². The molecule has 0 saturated heterocycles. The molecule has 32 heavy (non-hydrogen) atoms. The van der Waals surface area contributed by atoms with E-state index < -0.39 is 18.2 Å². The Kier molecular flexibility index (Phi) is 7.50. The number of nitrogens with zero attached hydrogens (tertiary/aromatic N) is 2. The number of anilines is 1. The standard InChI is InChI=1S/C24H28FN5O2/c1-24(2,17-8-10-18(25)11-9-17)15-27-21-13-12-19(29-30-21)23(32)28-20(22(26)31)14-16-6-4-3-5-7-16/h3-13,20,22,31H,14-15,26H2,1-2H3,(H,27,30)(H,28,32)/t20-,22?/m0/s1. The third kappa shape index (κ3) is 6.32. The fourth-order valence-corrected chi connectivity index (χ4v) is 3.23. The maximum atomic E-state index is 13.2. The maximum absolute atomic E-state index is 13.2. The van der Waals surface area contributed by atoms with Crippen molar-refractivity contribution in [2.75, 3.05) is 11.9 Å². The highest BCUT2D eigenvalue weighted by Gasteiger charge is 2.22. The molecular formula is C24H28FN5O2. The van der Waals surface area contributed by atoms with E-state index in [9.17, 15) is 14.3 Å². The van der Waals surface area contributed by atoms with Crippen LogP contribution in [0.1, 0.15) is 35.5 Å². The Hall–Kier alpha value is -3.36. The van der Waals surface area contributed by atoms with Crippen LogP contribution in [0.25, 0.3) is 0 Å². The van der Waals surface area contributed by atoms with Crippen LogP contribution < -0.4 is 16.4 Å². The fourth-order valence-electron chi connectivity index (χ4n) is 3.23. The normalized spacial score (nSPS) is 13.3. The van der Waals surface area contributed by atoms with Gasteiger partial charge in [0.2, 0.25) is 0 Å². The van der Waals surface area contributed by atoms with Gasteiger partial charge in [-0.3, -0.25) is 4.79 Å². The molecule has 0 aliphatic carbocycles. The first-order valence-corrected chi connectivity index (χ1v) is 10.4. The van der Waals surface area contributed by atoms with E-state index in [-0.39, 0.29) is 16.9 Å². The first-order chi connectivity index (χ1) is 15.2. The number of amides is 1. The molecule has 5 N–H and O–H groups in total. The molecule has 1 heterocycles. The Morgan fingerprint density at radius 3 is 2.34 bits per heavy atom. The first-order valence-electron chi connectivity index (χ1n) is 10.4. The SMILES string of the molecule is CC(C)(CNc1ccc(C(=O)N[C@@H](Cc2ccccc2)C(N)O)nn1)c1ccc(F)cc1. The first kappa shape index (κ1) is 23.3. The van der Waals surface area contributed by atoms with Crippen LogP contribution in [0, 0.1) is 5.82 Å². The summed E-state index contributed by atoms with van der Waals surface area (Å²) in [4.78, 5) is 12.6. The van der Waals surface area contributed by atoms with E-state index in [1.54, 1.807) is 24.3 Å². The van der Waals surface area contributed by atoms with Crippen LogP contribution >= 0.6 is 0 Å². The number of benzene rings is 2. The molecule has 1 unspecified atom stereocenters. The minimum absolute atomic E-state index is 0.118. The third-order valence-corrected chi connectivity index (χ3v) is 5.26. The van der Waals surface area contributed by atoms with E-state index in [0.29, 0.717) is 18.8 Å². The third-order valence-electron chi connectivity index (χ3n) is 5.26. The lowest BCUT2D eigenvalue weighted by Crippen LogP contribution is -2.49. The van der Waals surface area contributed by atoms with Crippen molar-refractivity contribution >= 4 is 11.7 Å². The molecule has 2 atom stereocenters. The van der Waals surface area contributed by atoms with E-state index in [4.69, 9.17) is 5.73 Å². The summed E-state index contributed by atoms with van der Waals surface area (Å²) in [7, 11) is 0. The maximum Gasteiger partial charge on any atom is 0.272 e. The zero-order valence-electron chi connectivity index (χ0n) is 18.1. The summed E-state index contributed by atoms with van der Waals surface area (Å²) in [5, 5.41) is 23.8. The van der Waals surface area contributed by atoms with E-state index in [2.05, 4.69) is 20.8 Å². The summed E-state index contributed by atoms with van der Waals surface area (Å²) >= 11 is 0. The van der Waals surface area contributed by atoms with Gasteiger partial charge in [0.05, 0.1) is 6.04 Å². The van der Waals surface area contributed by atoms with E-state index >= 15 is 0 Å². The molecular weight excluding hydrogens is 409 g/mol. The second-order valence-corrected chi connectivity index (χ2v) is 8.31. The molecule has 3 rings (SSSR count). The molecule has 0 aliphatic rings. The lowest BCUT2D eigenvalue weighted by atomic mass is 9.84. The summed E-state index contributed by atoms with van der Waals surface area (Å²) < 4.78 is 13.2. The average Bonchev–Trinajstić information content (AvgIpc) is 2.78. The van der Waals surface area contributed by atoms with Crippen LogP contribution in [0.3, 0.4) is 0 Å². The van der Waals surface area contributed by atoms with Gasteiger partial charge in [-0.1, -0.05) is 56.3 Å². The van der Waals surface area contributed by atoms with Crippen molar-refractivity contribution in [1.82, 2.24) is 15.5 Å². The zero-order valence-corrected chi connectivity index (χ0v) is 18.1. The number of aliphatic hydroxyl groups is 1. The molecule has 3 aromatic rings. The van der Waals surface area contributed by atoms with Crippen molar-refractivity contribution in [3.05, 3.63) is 89.4 Å². The lowest BCUT2D eigenvalue weighted by Gasteiger charge is -2.26. The van der Waals surface area contributed by atoms with E-state index in [0.717, 1.165) is 11.1 Å². The molecule has 0 fully saturated rings. The van der Waals surface area contributed by atoms with Gasteiger partial charge in [0, 0.05) is 12.0 Å². The number of nitrogens with one attached hydrogen (secondary N) is 2. The van der Waals surface area contributed by atoms with Gasteiger partial charge in [0.25, 0.3) is 5.91 Å². The van der Waals surface area contributed by atoms with Gasteiger partial charge in [-0.05, 0) is 41.8 Å². The smallest absolute Gasteiger partial charge is 0.272 e. The minimum atomic E-state index is -1.22.